The van der Waals surface area contributed by atoms with Crippen LogP contribution in [0.1, 0.15) is 18.1 Å². The number of alkyl halides is 3. The zero-order valence-electron chi connectivity index (χ0n) is 10.7. The fraction of sp³-hybridized carbons (Fsp3) is 0.429. The lowest BCUT2D eigenvalue weighted by atomic mass is 9.98. The lowest BCUT2D eigenvalue weighted by Crippen LogP contribution is -2.42. The summed E-state index contributed by atoms with van der Waals surface area (Å²) in [4.78, 5) is 1.08. The molecule has 0 aliphatic carbocycles. The van der Waals surface area contributed by atoms with E-state index in [-0.39, 0.29) is 12.1 Å². The SMILES string of the molecule is C=C(c1ccc2c(c1)SCC2)C(NCC)C(F)(F)F. The Balaban J connectivity index is 2.27. The highest BCUT2D eigenvalue weighted by molar-refractivity contribution is 7.99. The second-order valence-corrected chi connectivity index (χ2v) is 5.62. The second-order valence-electron chi connectivity index (χ2n) is 4.48. The van der Waals surface area contributed by atoms with Gasteiger partial charge in [0.05, 0.1) is 0 Å². The van der Waals surface area contributed by atoms with E-state index in [0.29, 0.717) is 5.56 Å². The molecule has 0 fully saturated rings. The Bertz CT molecular complexity index is 482. The molecule has 1 aromatic carbocycles. The number of fused-ring (bicyclic) bond motifs is 1. The van der Waals surface area contributed by atoms with E-state index in [4.69, 9.17) is 0 Å². The van der Waals surface area contributed by atoms with Gasteiger partial charge in [0.15, 0.2) is 0 Å². The van der Waals surface area contributed by atoms with Crippen LogP contribution in [0.15, 0.2) is 29.7 Å². The van der Waals surface area contributed by atoms with Crippen LogP contribution >= 0.6 is 11.8 Å². The number of benzene rings is 1. The van der Waals surface area contributed by atoms with Gasteiger partial charge in [-0.2, -0.15) is 13.2 Å². The number of likely N-dealkylation sites (N-methyl/N-ethyl adjacent to an activating group) is 1. The van der Waals surface area contributed by atoms with Gasteiger partial charge in [0.25, 0.3) is 0 Å². The van der Waals surface area contributed by atoms with E-state index in [9.17, 15) is 13.2 Å². The molecule has 0 saturated heterocycles. The minimum Gasteiger partial charge on any atom is -0.303 e. The first-order valence-electron chi connectivity index (χ1n) is 6.18. The largest absolute Gasteiger partial charge is 0.407 e. The smallest absolute Gasteiger partial charge is 0.303 e. The Morgan fingerprint density at radius 1 is 1.47 bits per heavy atom. The maximum absolute atomic E-state index is 13.0. The third kappa shape index (κ3) is 3.15. The third-order valence-electron chi connectivity index (χ3n) is 3.15. The molecule has 1 heterocycles. The highest BCUT2D eigenvalue weighted by Crippen LogP contribution is 2.36. The molecular weight excluding hydrogens is 271 g/mol. The van der Waals surface area contributed by atoms with Crippen molar-refractivity contribution in [2.24, 2.45) is 0 Å². The van der Waals surface area contributed by atoms with E-state index >= 15 is 0 Å². The minimum atomic E-state index is -4.32. The highest BCUT2D eigenvalue weighted by atomic mass is 32.2. The first-order chi connectivity index (χ1) is 8.93. The van der Waals surface area contributed by atoms with Crippen molar-refractivity contribution in [2.75, 3.05) is 12.3 Å². The van der Waals surface area contributed by atoms with Gasteiger partial charge >= 0.3 is 6.18 Å². The molecule has 5 heteroatoms. The van der Waals surface area contributed by atoms with Gasteiger partial charge in [-0.3, -0.25) is 0 Å². The average Bonchev–Trinajstić information content (AvgIpc) is 2.80. The fourth-order valence-electron chi connectivity index (χ4n) is 2.17. The third-order valence-corrected chi connectivity index (χ3v) is 4.25. The van der Waals surface area contributed by atoms with Gasteiger partial charge in [-0.1, -0.05) is 25.6 Å². The van der Waals surface area contributed by atoms with Crippen molar-refractivity contribution in [2.45, 2.75) is 30.5 Å². The summed E-state index contributed by atoms with van der Waals surface area (Å²) in [6, 6.07) is 3.80. The molecule has 0 radical (unpaired) electrons. The molecule has 1 atom stereocenters. The van der Waals surface area contributed by atoms with Crippen LogP contribution in [0.4, 0.5) is 13.2 Å². The number of hydrogen-bond donors (Lipinski definition) is 1. The number of aryl methyl sites for hydroxylation is 1. The summed E-state index contributed by atoms with van der Waals surface area (Å²) in [7, 11) is 0. The molecule has 2 rings (SSSR count). The monoisotopic (exact) mass is 287 g/mol. The molecule has 0 saturated carbocycles. The van der Waals surface area contributed by atoms with Gasteiger partial charge in [0, 0.05) is 10.6 Å². The molecule has 0 spiro atoms. The van der Waals surface area contributed by atoms with Crippen LogP contribution in [-0.4, -0.2) is 24.5 Å². The molecule has 1 aliphatic rings. The highest BCUT2D eigenvalue weighted by Gasteiger charge is 2.41. The lowest BCUT2D eigenvalue weighted by molar-refractivity contribution is -0.141. The normalized spacial score (nSPS) is 16.2. The Labute approximate surface area is 115 Å². The van der Waals surface area contributed by atoms with Crippen LogP contribution in [0.2, 0.25) is 0 Å². The average molecular weight is 287 g/mol. The van der Waals surface area contributed by atoms with Gasteiger partial charge in [-0.05, 0) is 35.7 Å². The number of thioether (sulfide) groups is 1. The van der Waals surface area contributed by atoms with Crippen molar-refractivity contribution in [3.8, 4) is 0 Å². The molecule has 1 nitrogen and oxygen atoms in total. The molecule has 1 aliphatic heterocycles. The predicted molar refractivity (Wildman–Crippen MR) is 73.4 cm³/mol. The first-order valence-corrected chi connectivity index (χ1v) is 7.17. The summed E-state index contributed by atoms with van der Waals surface area (Å²) in [6.07, 6.45) is -3.33. The molecule has 104 valence electrons. The van der Waals surface area contributed by atoms with Crippen molar-refractivity contribution in [3.63, 3.8) is 0 Å². The Morgan fingerprint density at radius 2 is 2.21 bits per heavy atom. The standard InChI is InChI=1S/C14H16F3NS/c1-3-18-13(14(15,16)17)9(2)11-5-4-10-6-7-19-12(10)8-11/h4-5,8,13,18H,2-3,6-7H2,1H3. The Kier molecular flexibility index (Phi) is 4.26. The lowest BCUT2D eigenvalue weighted by Gasteiger charge is -2.23. The van der Waals surface area contributed by atoms with Crippen LogP contribution in [0.25, 0.3) is 5.57 Å². The van der Waals surface area contributed by atoms with E-state index in [1.807, 2.05) is 12.1 Å². The quantitative estimate of drug-likeness (QED) is 0.901. The van der Waals surface area contributed by atoms with Crippen molar-refractivity contribution in [1.29, 1.82) is 0 Å². The number of hydrogen-bond acceptors (Lipinski definition) is 2. The predicted octanol–water partition coefficient (Wildman–Crippen LogP) is 3.89. The molecule has 1 aromatic rings. The van der Waals surface area contributed by atoms with Gasteiger partial charge in [-0.15, -0.1) is 11.8 Å². The minimum absolute atomic E-state index is 0.0876. The van der Waals surface area contributed by atoms with Gasteiger partial charge in [0.2, 0.25) is 0 Å². The number of halogens is 3. The van der Waals surface area contributed by atoms with Crippen molar-refractivity contribution >= 4 is 17.3 Å². The molecule has 1 unspecified atom stereocenters. The Morgan fingerprint density at radius 3 is 2.84 bits per heavy atom. The maximum Gasteiger partial charge on any atom is 0.407 e. The van der Waals surface area contributed by atoms with Crippen molar-refractivity contribution in [1.82, 2.24) is 5.32 Å². The van der Waals surface area contributed by atoms with E-state index in [1.165, 1.54) is 5.56 Å². The second kappa shape index (κ2) is 5.59. The van der Waals surface area contributed by atoms with Crippen LogP contribution in [0, 0.1) is 0 Å². The Hall–Kier alpha value is -0.940. The summed E-state index contributed by atoms with van der Waals surface area (Å²) in [5.41, 5.74) is 1.87. The summed E-state index contributed by atoms with van der Waals surface area (Å²) >= 11 is 1.69. The summed E-state index contributed by atoms with van der Waals surface area (Å²) in [6.45, 7) is 5.55. The number of nitrogens with one attached hydrogen (secondary N) is 1. The van der Waals surface area contributed by atoms with Crippen molar-refractivity contribution in [3.05, 3.63) is 35.9 Å². The van der Waals surface area contributed by atoms with Gasteiger partial charge in [0.1, 0.15) is 6.04 Å². The molecule has 0 bridgehead atoms. The molecule has 0 amide bonds. The van der Waals surface area contributed by atoms with Gasteiger partial charge < -0.3 is 5.32 Å². The summed E-state index contributed by atoms with van der Waals surface area (Å²) in [5.74, 6) is 1.00. The summed E-state index contributed by atoms with van der Waals surface area (Å²) < 4.78 is 39.0. The zero-order chi connectivity index (χ0) is 14.0. The van der Waals surface area contributed by atoms with Crippen LogP contribution in [-0.2, 0) is 6.42 Å². The van der Waals surface area contributed by atoms with Gasteiger partial charge in [-0.25, -0.2) is 0 Å². The van der Waals surface area contributed by atoms with E-state index in [1.54, 1.807) is 24.8 Å². The van der Waals surface area contributed by atoms with Crippen molar-refractivity contribution < 1.29 is 13.2 Å². The topological polar surface area (TPSA) is 12.0 Å². The number of rotatable bonds is 4. The van der Waals surface area contributed by atoms with E-state index in [0.717, 1.165) is 17.1 Å². The van der Waals surface area contributed by atoms with Crippen LogP contribution in [0.3, 0.4) is 0 Å². The first kappa shape index (κ1) is 14.5. The van der Waals surface area contributed by atoms with Crippen LogP contribution in [0.5, 0.6) is 0 Å². The van der Waals surface area contributed by atoms with E-state index < -0.39 is 12.2 Å². The molecule has 19 heavy (non-hydrogen) atoms. The summed E-state index contributed by atoms with van der Waals surface area (Å²) in [5, 5.41) is 2.46. The fourth-order valence-corrected chi connectivity index (χ4v) is 3.28. The zero-order valence-corrected chi connectivity index (χ0v) is 11.5. The van der Waals surface area contributed by atoms with E-state index in [2.05, 4.69) is 11.9 Å². The molecule has 0 aromatic heterocycles. The molecule has 1 N–H and O–H groups in total. The molecular formula is C14H16F3NS. The maximum atomic E-state index is 13.0. The van der Waals surface area contributed by atoms with Crippen LogP contribution < -0.4 is 5.32 Å².